The number of carbonyl (C=O) groups is 2. The molecule has 0 radical (unpaired) electrons. The van der Waals surface area contributed by atoms with Gasteiger partial charge in [0.25, 0.3) is 0 Å². The molecular weight excluding hydrogens is 440 g/mol. The molecular formula is C29H32N2O4. The number of rotatable bonds is 11. The van der Waals surface area contributed by atoms with Gasteiger partial charge in [-0.1, -0.05) is 60.7 Å². The van der Waals surface area contributed by atoms with Gasteiger partial charge >= 0.3 is 6.09 Å². The first-order valence-electron chi connectivity index (χ1n) is 12.1. The molecule has 0 aliphatic carbocycles. The number of fused-ring (bicyclic) bond motifs is 1. The Kier molecular flexibility index (Phi) is 8.52. The van der Waals surface area contributed by atoms with E-state index in [0.29, 0.717) is 18.8 Å². The number of ketones is 1. The first kappa shape index (κ1) is 24.5. The van der Waals surface area contributed by atoms with Crippen LogP contribution in [-0.2, 0) is 29.1 Å². The van der Waals surface area contributed by atoms with Gasteiger partial charge in [-0.05, 0) is 54.7 Å². The van der Waals surface area contributed by atoms with Crippen LogP contribution in [0.2, 0.25) is 0 Å². The summed E-state index contributed by atoms with van der Waals surface area (Å²) in [6.45, 7) is 5.04. The molecule has 35 heavy (non-hydrogen) atoms. The van der Waals surface area contributed by atoms with E-state index in [1.54, 1.807) is 6.92 Å². The average Bonchev–Trinajstić information content (AvgIpc) is 3.30. The molecule has 0 spiro atoms. The predicted molar refractivity (Wildman–Crippen MR) is 137 cm³/mol. The number of amides is 1. The Labute approximate surface area is 206 Å². The largest absolute Gasteiger partial charge is 0.445 e. The molecule has 6 nitrogen and oxygen atoms in total. The lowest BCUT2D eigenvalue weighted by molar-refractivity contribution is 0.0926. The zero-order valence-corrected chi connectivity index (χ0v) is 20.1. The lowest BCUT2D eigenvalue weighted by atomic mass is 10.0. The first-order chi connectivity index (χ1) is 17.1. The predicted octanol–water partition coefficient (Wildman–Crippen LogP) is 5.15. The average molecular weight is 473 g/mol. The molecule has 6 heteroatoms. The van der Waals surface area contributed by atoms with Gasteiger partial charge in [0.05, 0.1) is 12.6 Å². The number of hydrogen-bond acceptors (Lipinski definition) is 5. The van der Waals surface area contributed by atoms with Crippen molar-refractivity contribution < 1.29 is 19.1 Å². The Morgan fingerprint density at radius 1 is 0.943 bits per heavy atom. The molecule has 1 heterocycles. The van der Waals surface area contributed by atoms with Crippen LogP contribution in [0.5, 0.6) is 0 Å². The van der Waals surface area contributed by atoms with Gasteiger partial charge in [-0.3, -0.25) is 4.79 Å². The van der Waals surface area contributed by atoms with E-state index in [2.05, 4.69) is 22.3 Å². The first-order valence-corrected chi connectivity index (χ1v) is 12.1. The van der Waals surface area contributed by atoms with E-state index >= 15 is 0 Å². The smallest absolute Gasteiger partial charge is 0.408 e. The highest BCUT2D eigenvalue weighted by Crippen LogP contribution is 2.29. The molecule has 1 N–H and O–H groups in total. The number of hydrogen-bond donors (Lipinski definition) is 1. The maximum atomic E-state index is 12.9. The molecule has 4 rings (SSSR count). The molecule has 3 aromatic carbocycles. The van der Waals surface area contributed by atoms with Crippen molar-refractivity contribution in [3.8, 4) is 0 Å². The molecule has 1 aliphatic heterocycles. The van der Waals surface area contributed by atoms with E-state index in [4.69, 9.17) is 9.47 Å². The Balaban J connectivity index is 1.22. The molecule has 0 saturated carbocycles. The fourth-order valence-electron chi connectivity index (χ4n) is 4.23. The van der Waals surface area contributed by atoms with E-state index in [9.17, 15) is 9.59 Å². The molecule has 0 fully saturated rings. The number of benzene rings is 3. The van der Waals surface area contributed by atoms with E-state index < -0.39 is 12.1 Å². The maximum absolute atomic E-state index is 12.9. The van der Waals surface area contributed by atoms with E-state index in [-0.39, 0.29) is 12.4 Å². The fraction of sp³-hybridized carbons (Fsp3) is 0.310. The summed E-state index contributed by atoms with van der Waals surface area (Å²) >= 11 is 0. The van der Waals surface area contributed by atoms with Crippen molar-refractivity contribution in [1.82, 2.24) is 5.32 Å². The highest BCUT2D eigenvalue weighted by molar-refractivity contribution is 6.01. The molecule has 182 valence electrons. The Morgan fingerprint density at radius 2 is 1.63 bits per heavy atom. The van der Waals surface area contributed by atoms with Crippen LogP contribution in [-0.4, -0.2) is 37.6 Å². The van der Waals surface area contributed by atoms with Crippen molar-refractivity contribution in [2.75, 3.05) is 24.6 Å². The number of Topliss-reactive ketones (excluding diaryl/α,β-unsaturated/α-hetero) is 1. The monoisotopic (exact) mass is 472 g/mol. The van der Waals surface area contributed by atoms with E-state index in [1.165, 1.54) is 16.8 Å². The lowest BCUT2D eigenvalue weighted by Gasteiger charge is -2.20. The molecule has 0 unspecified atom stereocenters. The van der Waals surface area contributed by atoms with E-state index in [1.807, 2.05) is 66.7 Å². The molecule has 1 aliphatic rings. The zero-order valence-electron chi connectivity index (χ0n) is 20.1. The normalized spacial score (nSPS) is 13.2. The molecule has 1 amide bonds. The summed E-state index contributed by atoms with van der Waals surface area (Å²) in [7, 11) is 0. The minimum Gasteiger partial charge on any atom is -0.445 e. The van der Waals surface area contributed by atoms with Crippen LogP contribution in [0.4, 0.5) is 10.5 Å². The summed E-state index contributed by atoms with van der Waals surface area (Å²) < 4.78 is 11.0. The Hall–Kier alpha value is -3.64. The molecule has 0 bridgehead atoms. The minimum atomic E-state index is -0.671. The topological polar surface area (TPSA) is 67.9 Å². The van der Waals surface area contributed by atoms with Crippen LogP contribution in [0.15, 0.2) is 78.9 Å². The van der Waals surface area contributed by atoms with Gasteiger partial charge in [-0.25, -0.2) is 4.79 Å². The highest BCUT2D eigenvalue weighted by atomic mass is 16.5. The van der Waals surface area contributed by atoms with Crippen LogP contribution >= 0.6 is 0 Å². The number of alkyl carbamates (subject to hydrolysis) is 1. The summed E-state index contributed by atoms with van der Waals surface area (Å²) in [6, 6.07) is 24.8. The third-order valence-corrected chi connectivity index (χ3v) is 6.12. The summed E-state index contributed by atoms with van der Waals surface area (Å²) in [5.41, 5.74) is 5.03. The van der Waals surface area contributed by atoms with Gasteiger partial charge in [-0.15, -0.1) is 0 Å². The van der Waals surface area contributed by atoms with Crippen molar-refractivity contribution in [3.63, 3.8) is 0 Å². The summed E-state index contributed by atoms with van der Waals surface area (Å²) in [6.07, 6.45) is 1.25. The third-order valence-electron chi connectivity index (χ3n) is 6.12. The standard InChI is InChI=1S/C29H32N2O4/c1-22(30-29(33)35-21-24-11-6-3-7-12-24)28(32)26-13-14-27-25(19-26)15-17-31(27)16-8-18-34-20-23-9-4-2-5-10-23/h2-7,9-14,19,22H,8,15-18,20-21H2,1H3,(H,30,33)/t22-/m1/s1. The second kappa shape index (κ2) is 12.2. The molecule has 3 aromatic rings. The summed E-state index contributed by atoms with van der Waals surface area (Å²) in [4.78, 5) is 27.4. The molecule has 0 saturated heterocycles. The second-order valence-corrected chi connectivity index (χ2v) is 8.76. The molecule has 0 aromatic heterocycles. The van der Waals surface area contributed by atoms with Crippen LogP contribution in [0, 0.1) is 0 Å². The van der Waals surface area contributed by atoms with Crippen molar-refractivity contribution in [3.05, 3.63) is 101 Å². The molecule has 1 atom stereocenters. The number of nitrogens with zero attached hydrogens (tertiary/aromatic N) is 1. The van der Waals surface area contributed by atoms with Crippen LogP contribution in [0.1, 0.15) is 40.4 Å². The highest BCUT2D eigenvalue weighted by Gasteiger charge is 2.23. The van der Waals surface area contributed by atoms with E-state index in [0.717, 1.165) is 31.5 Å². The van der Waals surface area contributed by atoms with Crippen LogP contribution < -0.4 is 10.2 Å². The zero-order chi connectivity index (χ0) is 24.5. The number of anilines is 1. The fourth-order valence-corrected chi connectivity index (χ4v) is 4.23. The summed E-state index contributed by atoms with van der Waals surface area (Å²) in [5.74, 6) is -0.128. The Morgan fingerprint density at radius 3 is 2.34 bits per heavy atom. The quantitative estimate of drug-likeness (QED) is 0.309. The number of ether oxygens (including phenoxy) is 2. The van der Waals surface area contributed by atoms with Gasteiger partial charge in [0, 0.05) is 30.9 Å². The van der Waals surface area contributed by atoms with Crippen molar-refractivity contribution in [2.24, 2.45) is 0 Å². The minimum absolute atomic E-state index is 0.128. The second-order valence-electron chi connectivity index (χ2n) is 8.76. The van der Waals surface area contributed by atoms with Crippen LogP contribution in [0.3, 0.4) is 0 Å². The SMILES string of the molecule is C[C@@H](NC(=O)OCc1ccccc1)C(=O)c1ccc2c(c1)CCN2CCCOCc1ccccc1. The van der Waals surface area contributed by atoms with Crippen molar-refractivity contribution in [2.45, 2.75) is 39.0 Å². The van der Waals surface area contributed by atoms with Gasteiger partial charge in [0.1, 0.15) is 6.61 Å². The Bertz CT molecular complexity index is 1120. The van der Waals surface area contributed by atoms with Gasteiger partial charge in [-0.2, -0.15) is 0 Å². The third kappa shape index (κ3) is 6.93. The van der Waals surface area contributed by atoms with Gasteiger partial charge < -0.3 is 19.7 Å². The lowest BCUT2D eigenvalue weighted by Crippen LogP contribution is -2.38. The van der Waals surface area contributed by atoms with Crippen LogP contribution in [0.25, 0.3) is 0 Å². The van der Waals surface area contributed by atoms with Crippen molar-refractivity contribution in [1.29, 1.82) is 0 Å². The number of carbonyl (C=O) groups excluding carboxylic acids is 2. The number of nitrogens with one attached hydrogen (secondary N) is 1. The maximum Gasteiger partial charge on any atom is 0.408 e. The van der Waals surface area contributed by atoms with Crippen molar-refractivity contribution >= 4 is 17.6 Å². The van der Waals surface area contributed by atoms with Gasteiger partial charge in [0.2, 0.25) is 0 Å². The van der Waals surface area contributed by atoms with Gasteiger partial charge in [0.15, 0.2) is 5.78 Å². The summed E-state index contributed by atoms with van der Waals surface area (Å²) in [5, 5.41) is 2.64.